The maximum absolute atomic E-state index is 13.6. The fourth-order valence-corrected chi connectivity index (χ4v) is 1.94. The molecule has 1 aromatic heterocycles. The fraction of sp³-hybridized carbons (Fsp3) is 0.273. The van der Waals surface area contributed by atoms with Gasteiger partial charge in [-0.2, -0.15) is 0 Å². The van der Waals surface area contributed by atoms with Crippen LogP contribution in [0.1, 0.15) is 25.5 Å². The molecular formula is C11H10BrF2N. The van der Waals surface area contributed by atoms with Gasteiger partial charge in [0.2, 0.25) is 0 Å². The highest BCUT2D eigenvalue weighted by atomic mass is 79.9. The highest BCUT2D eigenvalue weighted by Gasteiger charge is 2.14. The smallest absolute Gasteiger partial charge is 0.148 e. The second-order valence-corrected chi connectivity index (χ2v) is 4.68. The highest BCUT2D eigenvalue weighted by molar-refractivity contribution is 9.10. The molecule has 80 valence electrons. The number of halogens is 3. The average molecular weight is 274 g/mol. The Kier molecular flexibility index (Phi) is 2.54. The van der Waals surface area contributed by atoms with Gasteiger partial charge in [0.25, 0.3) is 0 Å². The van der Waals surface area contributed by atoms with Crippen molar-refractivity contribution in [3.63, 3.8) is 0 Å². The summed E-state index contributed by atoms with van der Waals surface area (Å²) in [7, 11) is 0. The summed E-state index contributed by atoms with van der Waals surface area (Å²) >= 11 is 2.98. The number of nitrogens with one attached hydrogen (secondary N) is 1. The Morgan fingerprint density at radius 3 is 2.53 bits per heavy atom. The third kappa shape index (κ3) is 1.67. The SMILES string of the molecule is CC(C)c1cc2c(F)c(Br)cc(F)c2[nH]1. The van der Waals surface area contributed by atoms with Crippen molar-refractivity contribution in [2.24, 2.45) is 0 Å². The van der Waals surface area contributed by atoms with E-state index in [1.165, 1.54) is 0 Å². The van der Waals surface area contributed by atoms with E-state index in [1.807, 2.05) is 13.8 Å². The van der Waals surface area contributed by atoms with E-state index in [2.05, 4.69) is 20.9 Å². The van der Waals surface area contributed by atoms with Crippen molar-refractivity contribution in [2.75, 3.05) is 0 Å². The number of H-pyrrole nitrogens is 1. The minimum Gasteiger partial charge on any atom is -0.356 e. The van der Waals surface area contributed by atoms with Crippen molar-refractivity contribution in [1.82, 2.24) is 4.98 Å². The lowest BCUT2D eigenvalue weighted by Crippen LogP contribution is -1.86. The van der Waals surface area contributed by atoms with Crippen LogP contribution in [0.4, 0.5) is 8.78 Å². The molecule has 15 heavy (non-hydrogen) atoms. The van der Waals surface area contributed by atoms with Crippen LogP contribution < -0.4 is 0 Å². The number of aromatic nitrogens is 1. The molecule has 1 heterocycles. The molecule has 0 saturated heterocycles. The first-order chi connectivity index (χ1) is 7.00. The predicted octanol–water partition coefficient (Wildman–Crippen LogP) is 4.33. The largest absolute Gasteiger partial charge is 0.356 e. The van der Waals surface area contributed by atoms with Gasteiger partial charge in [0.05, 0.1) is 9.99 Å². The van der Waals surface area contributed by atoms with Gasteiger partial charge in [0, 0.05) is 11.1 Å². The molecule has 0 aliphatic carbocycles. The molecule has 0 fully saturated rings. The Morgan fingerprint density at radius 2 is 1.93 bits per heavy atom. The number of fused-ring (bicyclic) bond motifs is 1. The van der Waals surface area contributed by atoms with Crippen LogP contribution in [-0.4, -0.2) is 4.98 Å². The van der Waals surface area contributed by atoms with E-state index >= 15 is 0 Å². The van der Waals surface area contributed by atoms with Crippen LogP contribution >= 0.6 is 15.9 Å². The molecule has 0 aliphatic heterocycles. The van der Waals surface area contributed by atoms with E-state index in [1.54, 1.807) is 6.07 Å². The monoisotopic (exact) mass is 273 g/mol. The Morgan fingerprint density at radius 1 is 1.27 bits per heavy atom. The van der Waals surface area contributed by atoms with Crippen molar-refractivity contribution in [3.05, 3.63) is 33.9 Å². The molecule has 1 aromatic carbocycles. The summed E-state index contributed by atoms with van der Waals surface area (Å²) < 4.78 is 27.3. The van der Waals surface area contributed by atoms with Crippen molar-refractivity contribution < 1.29 is 8.78 Å². The van der Waals surface area contributed by atoms with Gasteiger partial charge < -0.3 is 4.98 Å². The van der Waals surface area contributed by atoms with E-state index in [4.69, 9.17) is 0 Å². The van der Waals surface area contributed by atoms with Crippen LogP contribution in [0.25, 0.3) is 10.9 Å². The number of rotatable bonds is 1. The van der Waals surface area contributed by atoms with Crippen molar-refractivity contribution in [2.45, 2.75) is 19.8 Å². The van der Waals surface area contributed by atoms with Crippen LogP contribution in [0.5, 0.6) is 0 Å². The van der Waals surface area contributed by atoms with E-state index < -0.39 is 11.6 Å². The maximum atomic E-state index is 13.6. The molecule has 1 nitrogen and oxygen atoms in total. The van der Waals surface area contributed by atoms with Gasteiger partial charge in [-0.05, 0) is 34.0 Å². The Bertz CT molecular complexity index is 517. The van der Waals surface area contributed by atoms with Crippen molar-refractivity contribution in [1.29, 1.82) is 0 Å². The lowest BCUT2D eigenvalue weighted by molar-refractivity contribution is 0.611. The molecule has 0 aliphatic rings. The topological polar surface area (TPSA) is 15.8 Å². The zero-order valence-electron chi connectivity index (χ0n) is 8.37. The van der Waals surface area contributed by atoms with Crippen molar-refractivity contribution >= 4 is 26.8 Å². The average Bonchev–Trinajstić information content (AvgIpc) is 2.59. The zero-order valence-corrected chi connectivity index (χ0v) is 9.95. The summed E-state index contributed by atoms with van der Waals surface area (Å²) in [5.74, 6) is -0.644. The molecule has 0 unspecified atom stereocenters. The number of hydrogen-bond donors (Lipinski definition) is 1. The van der Waals surface area contributed by atoms with Gasteiger partial charge in [-0.1, -0.05) is 13.8 Å². The molecule has 0 spiro atoms. The molecule has 0 saturated carbocycles. The summed E-state index contributed by atoms with van der Waals surface area (Å²) in [5, 5.41) is 0.297. The molecule has 2 rings (SSSR count). The molecule has 0 atom stereocenters. The Hall–Kier alpha value is -0.900. The van der Waals surface area contributed by atoms with Crippen LogP contribution in [0.15, 0.2) is 16.6 Å². The van der Waals surface area contributed by atoms with Crippen LogP contribution in [0, 0.1) is 11.6 Å². The summed E-state index contributed by atoms with van der Waals surface area (Å²) in [6.07, 6.45) is 0. The molecule has 4 heteroatoms. The molecule has 0 radical (unpaired) electrons. The molecular weight excluding hydrogens is 264 g/mol. The summed E-state index contributed by atoms with van der Waals surface area (Å²) in [6.45, 7) is 3.94. The molecule has 0 amide bonds. The minimum absolute atomic E-state index is 0.154. The first kappa shape index (κ1) is 10.6. The molecule has 2 aromatic rings. The van der Waals surface area contributed by atoms with Gasteiger partial charge in [0.15, 0.2) is 0 Å². The minimum atomic E-state index is -0.440. The van der Waals surface area contributed by atoms with Crippen LogP contribution in [0.3, 0.4) is 0 Å². The van der Waals surface area contributed by atoms with E-state index in [-0.39, 0.29) is 15.9 Å². The summed E-state index contributed by atoms with van der Waals surface area (Å²) in [5.41, 5.74) is 1.07. The lowest BCUT2D eigenvalue weighted by atomic mass is 10.1. The van der Waals surface area contributed by atoms with Crippen LogP contribution in [-0.2, 0) is 0 Å². The van der Waals surface area contributed by atoms with E-state index in [9.17, 15) is 8.78 Å². The third-order valence-corrected chi connectivity index (χ3v) is 2.98. The number of hydrogen-bond acceptors (Lipinski definition) is 0. The van der Waals surface area contributed by atoms with Gasteiger partial charge >= 0.3 is 0 Å². The first-order valence-corrected chi connectivity index (χ1v) is 5.46. The fourth-order valence-electron chi connectivity index (χ4n) is 1.52. The van der Waals surface area contributed by atoms with Crippen molar-refractivity contribution in [3.8, 4) is 0 Å². The van der Waals surface area contributed by atoms with Gasteiger partial charge in [0.1, 0.15) is 11.6 Å². The first-order valence-electron chi connectivity index (χ1n) is 4.67. The second-order valence-electron chi connectivity index (χ2n) is 3.82. The summed E-state index contributed by atoms with van der Waals surface area (Å²) in [4.78, 5) is 2.90. The predicted molar refractivity (Wildman–Crippen MR) is 60.0 cm³/mol. The summed E-state index contributed by atoms with van der Waals surface area (Å²) in [6, 6.07) is 2.79. The van der Waals surface area contributed by atoms with Gasteiger partial charge in [-0.25, -0.2) is 8.78 Å². The van der Waals surface area contributed by atoms with E-state index in [0.29, 0.717) is 5.39 Å². The standard InChI is InChI=1S/C11H10BrF2N/c1-5(2)9-3-6-10(14)7(12)4-8(13)11(6)15-9/h3-5,15H,1-2H3. The second kappa shape index (κ2) is 3.59. The van der Waals surface area contributed by atoms with E-state index in [0.717, 1.165) is 11.8 Å². The molecule has 0 bridgehead atoms. The Balaban J connectivity index is 2.80. The quantitative estimate of drug-likeness (QED) is 0.745. The lowest BCUT2D eigenvalue weighted by Gasteiger charge is -1.98. The number of aromatic amines is 1. The normalized spacial score (nSPS) is 11.6. The van der Waals surface area contributed by atoms with Gasteiger partial charge in [-0.15, -0.1) is 0 Å². The Labute approximate surface area is 94.6 Å². The maximum Gasteiger partial charge on any atom is 0.148 e. The third-order valence-electron chi connectivity index (χ3n) is 2.40. The van der Waals surface area contributed by atoms with Gasteiger partial charge in [-0.3, -0.25) is 0 Å². The zero-order chi connectivity index (χ0) is 11.2. The highest BCUT2D eigenvalue weighted by Crippen LogP contribution is 2.29. The van der Waals surface area contributed by atoms with Crippen LogP contribution in [0.2, 0.25) is 0 Å². The molecule has 1 N–H and O–H groups in total. The number of benzene rings is 1.